The molecule has 1 aliphatic heterocycles. The average molecular weight is 317 g/mol. The molecule has 1 aromatic carbocycles. The largest absolute Gasteiger partial charge is 0.468 e. The van der Waals surface area contributed by atoms with Crippen LogP contribution in [-0.4, -0.2) is 44.1 Å². The van der Waals surface area contributed by atoms with Gasteiger partial charge in [0.1, 0.15) is 0 Å². The molecule has 3 rings (SSSR count). The number of likely N-dealkylation sites (tertiary alicyclic amines) is 1. The maximum Gasteiger partial charge on any atom is 0.322 e. The van der Waals surface area contributed by atoms with Crippen LogP contribution in [0.15, 0.2) is 30.3 Å². The molecule has 0 N–H and O–H groups in total. The molecule has 0 radical (unpaired) electrons. The third-order valence-electron chi connectivity index (χ3n) is 5.69. The summed E-state index contributed by atoms with van der Waals surface area (Å²) in [6, 6.07) is 9.81. The minimum Gasteiger partial charge on any atom is -0.468 e. The smallest absolute Gasteiger partial charge is 0.322 e. The fourth-order valence-electron chi connectivity index (χ4n) is 4.24. The van der Waals surface area contributed by atoms with Crippen molar-refractivity contribution in [1.29, 1.82) is 0 Å². The van der Waals surface area contributed by atoms with Crippen molar-refractivity contribution in [3.63, 3.8) is 0 Å². The molecule has 1 aliphatic carbocycles. The Balaban J connectivity index is 1.97. The SMILES string of the molecule is COC[C@]12CC[C@@]1(C(=O)OC)C(=O)N([C@H](C)c1ccccc1)C2. The Labute approximate surface area is 136 Å². The molecule has 1 heterocycles. The Kier molecular flexibility index (Phi) is 3.92. The Morgan fingerprint density at radius 1 is 1.26 bits per heavy atom. The highest BCUT2D eigenvalue weighted by Gasteiger charge is 2.74. The van der Waals surface area contributed by atoms with E-state index in [1.165, 1.54) is 7.11 Å². The Morgan fingerprint density at radius 3 is 2.48 bits per heavy atom. The minimum absolute atomic E-state index is 0.0791. The number of ether oxygens (including phenoxy) is 2. The van der Waals surface area contributed by atoms with Gasteiger partial charge in [-0.2, -0.15) is 0 Å². The third-order valence-corrected chi connectivity index (χ3v) is 5.69. The summed E-state index contributed by atoms with van der Waals surface area (Å²) in [6.45, 7) is 2.93. The first kappa shape index (κ1) is 16.0. The summed E-state index contributed by atoms with van der Waals surface area (Å²) in [5.41, 5.74) is -0.467. The van der Waals surface area contributed by atoms with E-state index in [4.69, 9.17) is 9.47 Å². The predicted octanol–water partition coefficient (Wildman–Crippen LogP) is 2.18. The van der Waals surface area contributed by atoms with Crippen LogP contribution < -0.4 is 0 Å². The standard InChI is InChI=1S/C18H23NO4/c1-13(14-7-5-4-6-8-14)19-11-17(12-22-2)9-10-18(17,15(19)20)16(21)23-3/h4-8,13H,9-12H2,1-3H3/t13-,17-,18+/m1/s1. The number of carbonyl (C=O) groups is 2. The van der Waals surface area contributed by atoms with E-state index in [0.29, 0.717) is 19.6 Å². The van der Waals surface area contributed by atoms with E-state index in [-0.39, 0.29) is 11.9 Å². The maximum atomic E-state index is 13.2. The van der Waals surface area contributed by atoms with Gasteiger partial charge in [-0.1, -0.05) is 30.3 Å². The summed E-state index contributed by atoms with van der Waals surface area (Å²) in [7, 11) is 2.96. The number of rotatable bonds is 5. The highest BCUT2D eigenvalue weighted by atomic mass is 16.5. The molecule has 0 aromatic heterocycles. The summed E-state index contributed by atoms with van der Waals surface area (Å²) in [6.07, 6.45) is 1.35. The fourth-order valence-corrected chi connectivity index (χ4v) is 4.24. The highest BCUT2D eigenvalue weighted by molar-refractivity contribution is 6.07. The van der Waals surface area contributed by atoms with Crippen molar-refractivity contribution < 1.29 is 19.1 Å². The zero-order chi connectivity index (χ0) is 16.7. The summed E-state index contributed by atoms with van der Waals surface area (Å²) >= 11 is 0. The van der Waals surface area contributed by atoms with Crippen LogP contribution in [0.25, 0.3) is 0 Å². The number of amides is 1. The molecule has 124 valence electrons. The first-order valence-electron chi connectivity index (χ1n) is 7.96. The van der Waals surface area contributed by atoms with Crippen LogP contribution in [0.3, 0.4) is 0 Å². The number of benzene rings is 1. The molecular formula is C18H23NO4. The van der Waals surface area contributed by atoms with E-state index in [2.05, 4.69) is 0 Å². The van der Waals surface area contributed by atoms with Crippen molar-refractivity contribution in [3.8, 4) is 0 Å². The van der Waals surface area contributed by atoms with E-state index < -0.39 is 16.8 Å². The summed E-state index contributed by atoms with van der Waals surface area (Å²) in [5, 5.41) is 0. The van der Waals surface area contributed by atoms with Gasteiger partial charge in [0.25, 0.3) is 0 Å². The molecule has 23 heavy (non-hydrogen) atoms. The number of methoxy groups -OCH3 is 2. The van der Waals surface area contributed by atoms with Crippen molar-refractivity contribution in [2.24, 2.45) is 10.8 Å². The van der Waals surface area contributed by atoms with Gasteiger partial charge in [-0.3, -0.25) is 9.59 Å². The van der Waals surface area contributed by atoms with Crippen LogP contribution in [0.1, 0.15) is 31.4 Å². The van der Waals surface area contributed by atoms with Gasteiger partial charge in [-0.05, 0) is 25.3 Å². The Bertz CT molecular complexity index is 617. The number of hydrogen-bond donors (Lipinski definition) is 0. The normalized spacial score (nSPS) is 30.6. The highest BCUT2D eigenvalue weighted by Crippen LogP contribution is 2.63. The molecule has 1 saturated carbocycles. The molecule has 1 aromatic rings. The lowest BCUT2D eigenvalue weighted by Crippen LogP contribution is -2.59. The molecule has 1 amide bonds. The topological polar surface area (TPSA) is 55.8 Å². The second kappa shape index (κ2) is 5.64. The molecule has 5 nitrogen and oxygen atoms in total. The minimum atomic E-state index is -1.07. The van der Waals surface area contributed by atoms with Crippen LogP contribution in [0.4, 0.5) is 0 Å². The first-order chi connectivity index (χ1) is 11.0. The lowest BCUT2D eigenvalue weighted by Gasteiger charge is -2.49. The van der Waals surface area contributed by atoms with E-state index >= 15 is 0 Å². The van der Waals surface area contributed by atoms with Gasteiger partial charge < -0.3 is 14.4 Å². The van der Waals surface area contributed by atoms with Crippen molar-refractivity contribution in [2.45, 2.75) is 25.8 Å². The van der Waals surface area contributed by atoms with Gasteiger partial charge in [0.05, 0.1) is 19.8 Å². The Morgan fingerprint density at radius 2 is 1.96 bits per heavy atom. The predicted molar refractivity (Wildman–Crippen MR) is 84.6 cm³/mol. The van der Waals surface area contributed by atoms with Crippen molar-refractivity contribution >= 4 is 11.9 Å². The summed E-state index contributed by atoms with van der Waals surface area (Å²) in [5.74, 6) is -0.544. The number of carbonyl (C=O) groups excluding carboxylic acids is 2. The van der Waals surface area contributed by atoms with E-state index in [1.807, 2.05) is 42.2 Å². The van der Waals surface area contributed by atoms with Crippen LogP contribution in [-0.2, 0) is 19.1 Å². The molecule has 2 aliphatic rings. The van der Waals surface area contributed by atoms with Gasteiger partial charge in [-0.15, -0.1) is 0 Å². The second-order valence-corrected chi connectivity index (χ2v) is 6.63. The van der Waals surface area contributed by atoms with Crippen LogP contribution >= 0.6 is 0 Å². The quantitative estimate of drug-likeness (QED) is 0.617. The summed E-state index contributed by atoms with van der Waals surface area (Å²) < 4.78 is 10.4. The third kappa shape index (κ3) is 2.02. The number of nitrogens with zero attached hydrogens (tertiary/aromatic N) is 1. The molecule has 0 spiro atoms. The molecule has 5 heteroatoms. The molecule has 2 fully saturated rings. The van der Waals surface area contributed by atoms with Crippen molar-refractivity contribution in [1.82, 2.24) is 4.90 Å². The van der Waals surface area contributed by atoms with Gasteiger partial charge >= 0.3 is 5.97 Å². The van der Waals surface area contributed by atoms with Crippen LogP contribution in [0.5, 0.6) is 0 Å². The molecular weight excluding hydrogens is 294 g/mol. The van der Waals surface area contributed by atoms with Crippen LogP contribution in [0, 0.1) is 10.8 Å². The molecule has 3 atom stereocenters. The zero-order valence-corrected chi connectivity index (χ0v) is 13.9. The second-order valence-electron chi connectivity index (χ2n) is 6.63. The first-order valence-corrected chi connectivity index (χ1v) is 7.96. The van der Waals surface area contributed by atoms with Gasteiger partial charge in [-0.25, -0.2) is 0 Å². The van der Waals surface area contributed by atoms with E-state index in [9.17, 15) is 9.59 Å². The maximum absolute atomic E-state index is 13.2. The molecule has 0 bridgehead atoms. The van der Waals surface area contributed by atoms with Gasteiger partial charge in [0.2, 0.25) is 5.91 Å². The Hall–Kier alpha value is -1.88. The zero-order valence-electron chi connectivity index (χ0n) is 13.9. The van der Waals surface area contributed by atoms with E-state index in [1.54, 1.807) is 7.11 Å². The number of esters is 1. The number of fused-ring (bicyclic) bond motifs is 1. The van der Waals surface area contributed by atoms with E-state index in [0.717, 1.165) is 12.0 Å². The molecule has 0 unspecified atom stereocenters. The van der Waals surface area contributed by atoms with Crippen molar-refractivity contribution in [3.05, 3.63) is 35.9 Å². The monoisotopic (exact) mass is 317 g/mol. The molecule has 1 saturated heterocycles. The average Bonchev–Trinajstić information content (AvgIpc) is 2.73. The fraction of sp³-hybridized carbons (Fsp3) is 0.556. The number of hydrogen-bond acceptors (Lipinski definition) is 4. The van der Waals surface area contributed by atoms with Crippen LogP contribution in [0.2, 0.25) is 0 Å². The van der Waals surface area contributed by atoms with Crippen molar-refractivity contribution in [2.75, 3.05) is 27.4 Å². The van der Waals surface area contributed by atoms with Gasteiger partial charge in [0.15, 0.2) is 5.41 Å². The lowest BCUT2D eigenvalue weighted by atomic mass is 9.51. The summed E-state index contributed by atoms with van der Waals surface area (Å²) in [4.78, 5) is 27.4. The van der Waals surface area contributed by atoms with Gasteiger partial charge in [0, 0.05) is 19.1 Å². The lowest BCUT2D eigenvalue weighted by molar-refractivity contribution is -0.181.